The zero-order valence-corrected chi connectivity index (χ0v) is 11.6. The summed E-state index contributed by atoms with van der Waals surface area (Å²) in [6.07, 6.45) is 1.71. The van der Waals surface area contributed by atoms with E-state index in [1.807, 2.05) is 36.1 Å². The van der Waals surface area contributed by atoms with E-state index in [4.69, 9.17) is 5.26 Å². The highest BCUT2D eigenvalue weighted by Crippen LogP contribution is 2.26. The minimum absolute atomic E-state index is 0.0673. The van der Waals surface area contributed by atoms with Crippen molar-refractivity contribution in [1.82, 2.24) is 4.98 Å². The Morgan fingerprint density at radius 1 is 1.38 bits per heavy atom. The van der Waals surface area contributed by atoms with Crippen LogP contribution < -0.4 is 4.90 Å². The molecule has 0 aliphatic heterocycles. The Labute approximate surface area is 122 Å². The Hall–Kier alpha value is -2.94. The molecule has 0 aliphatic rings. The molecule has 0 fully saturated rings. The summed E-state index contributed by atoms with van der Waals surface area (Å²) >= 11 is 0. The van der Waals surface area contributed by atoms with E-state index in [1.54, 1.807) is 12.3 Å². The van der Waals surface area contributed by atoms with Gasteiger partial charge < -0.3 is 4.90 Å². The third-order valence-electron chi connectivity index (χ3n) is 3.12. The van der Waals surface area contributed by atoms with Crippen molar-refractivity contribution >= 4 is 11.4 Å². The van der Waals surface area contributed by atoms with Gasteiger partial charge in [-0.1, -0.05) is 6.07 Å². The molecule has 0 saturated carbocycles. The largest absolute Gasteiger partial charge is 0.366 e. The predicted octanol–water partition coefficient (Wildman–Crippen LogP) is 2.89. The molecule has 6 nitrogen and oxygen atoms in total. The lowest BCUT2D eigenvalue weighted by atomic mass is 10.1. The molecule has 21 heavy (non-hydrogen) atoms. The van der Waals surface area contributed by atoms with E-state index in [2.05, 4.69) is 4.98 Å². The van der Waals surface area contributed by atoms with E-state index in [9.17, 15) is 10.1 Å². The fraction of sp³-hybridized carbons (Fsp3) is 0.200. The minimum atomic E-state index is -0.531. The van der Waals surface area contributed by atoms with Crippen molar-refractivity contribution in [3.8, 4) is 6.07 Å². The molecule has 0 N–H and O–H groups in total. The van der Waals surface area contributed by atoms with Gasteiger partial charge in [0.1, 0.15) is 11.6 Å². The minimum Gasteiger partial charge on any atom is -0.366 e. The lowest BCUT2D eigenvalue weighted by molar-refractivity contribution is -0.385. The first-order valence-electron chi connectivity index (χ1n) is 6.49. The summed E-state index contributed by atoms with van der Waals surface area (Å²) in [4.78, 5) is 16.7. The number of hydrogen-bond donors (Lipinski definition) is 0. The van der Waals surface area contributed by atoms with Crippen molar-refractivity contribution < 1.29 is 4.92 Å². The van der Waals surface area contributed by atoms with Crippen LogP contribution >= 0.6 is 0 Å². The Bertz CT molecular complexity index is 680. The number of pyridine rings is 1. The van der Waals surface area contributed by atoms with Crippen molar-refractivity contribution in [2.24, 2.45) is 0 Å². The number of hydrogen-bond acceptors (Lipinski definition) is 5. The fourth-order valence-corrected chi connectivity index (χ4v) is 2.04. The third kappa shape index (κ3) is 3.34. The molecule has 1 aromatic carbocycles. The van der Waals surface area contributed by atoms with E-state index in [1.165, 1.54) is 12.1 Å². The summed E-state index contributed by atoms with van der Waals surface area (Å²) in [6, 6.07) is 12.1. The molecule has 6 heteroatoms. The molecule has 0 radical (unpaired) electrons. The fourth-order valence-electron chi connectivity index (χ4n) is 2.04. The van der Waals surface area contributed by atoms with Gasteiger partial charge in [0.2, 0.25) is 0 Å². The first-order valence-corrected chi connectivity index (χ1v) is 6.49. The number of nitrogens with zero attached hydrogens (tertiary/aromatic N) is 4. The van der Waals surface area contributed by atoms with Gasteiger partial charge in [0.25, 0.3) is 5.69 Å². The van der Waals surface area contributed by atoms with Gasteiger partial charge in [-0.2, -0.15) is 5.26 Å². The van der Waals surface area contributed by atoms with Gasteiger partial charge in [-0.05, 0) is 31.2 Å². The molecular weight excluding hydrogens is 268 g/mol. The smallest absolute Gasteiger partial charge is 0.289 e. The SMILES string of the molecule is CCN(Cc1ccccn1)c1ccc(C#N)c([N+](=O)[O-])c1. The van der Waals surface area contributed by atoms with Gasteiger partial charge in [-0.15, -0.1) is 0 Å². The average molecular weight is 282 g/mol. The second-order valence-corrected chi connectivity index (χ2v) is 4.41. The number of nitro groups is 1. The molecule has 2 rings (SSSR count). The summed E-state index contributed by atoms with van der Waals surface area (Å²) in [5, 5.41) is 19.9. The van der Waals surface area contributed by atoms with Crippen LogP contribution in [-0.2, 0) is 6.54 Å². The predicted molar refractivity (Wildman–Crippen MR) is 78.8 cm³/mol. The lowest BCUT2D eigenvalue weighted by Gasteiger charge is -2.22. The van der Waals surface area contributed by atoms with Crippen LogP contribution in [0.1, 0.15) is 18.2 Å². The molecule has 0 saturated heterocycles. The molecule has 0 aliphatic carbocycles. The standard InChI is InChI=1S/C15H14N4O2/c1-2-18(11-13-5-3-4-8-17-13)14-7-6-12(10-16)15(9-14)19(20)21/h3-9H,2,11H2,1H3. The van der Waals surface area contributed by atoms with Gasteiger partial charge in [0.15, 0.2) is 0 Å². The van der Waals surface area contributed by atoms with Crippen LogP contribution in [0, 0.1) is 21.4 Å². The zero-order valence-electron chi connectivity index (χ0n) is 11.6. The average Bonchev–Trinajstić information content (AvgIpc) is 2.53. The van der Waals surface area contributed by atoms with Gasteiger partial charge in [-0.3, -0.25) is 15.1 Å². The molecule has 2 aromatic rings. The number of rotatable bonds is 5. The normalized spacial score (nSPS) is 9.90. The molecule has 1 aromatic heterocycles. The highest BCUT2D eigenvalue weighted by molar-refractivity contribution is 5.60. The van der Waals surface area contributed by atoms with Crippen molar-refractivity contribution in [3.05, 3.63) is 64.0 Å². The van der Waals surface area contributed by atoms with E-state index >= 15 is 0 Å². The van der Waals surface area contributed by atoms with Gasteiger partial charge >= 0.3 is 0 Å². The molecule has 1 heterocycles. The molecule has 0 unspecified atom stereocenters. The highest BCUT2D eigenvalue weighted by atomic mass is 16.6. The van der Waals surface area contributed by atoms with Crippen LogP contribution in [-0.4, -0.2) is 16.5 Å². The van der Waals surface area contributed by atoms with Crippen LogP contribution in [0.25, 0.3) is 0 Å². The molecule has 0 atom stereocenters. The number of anilines is 1. The van der Waals surface area contributed by atoms with E-state index in [0.717, 1.165) is 5.69 Å². The second-order valence-electron chi connectivity index (χ2n) is 4.41. The lowest BCUT2D eigenvalue weighted by Crippen LogP contribution is -2.22. The quantitative estimate of drug-likeness (QED) is 0.622. The van der Waals surface area contributed by atoms with Crippen LogP contribution in [0.5, 0.6) is 0 Å². The zero-order chi connectivity index (χ0) is 15.2. The van der Waals surface area contributed by atoms with Crippen molar-refractivity contribution in [2.75, 3.05) is 11.4 Å². The number of nitriles is 1. The van der Waals surface area contributed by atoms with Crippen molar-refractivity contribution in [1.29, 1.82) is 5.26 Å². The second kappa shape index (κ2) is 6.48. The number of benzene rings is 1. The van der Waals surface area contributed by atoms with Crippen LogP contribution in [0.2, 0.25) is 0 Å². The van der Waals surface area contributed by atoms with E-state index < -0.39 is 4.92 Å². The Balaban J connectivity index is 2.33. The molecular formula is C15H14N4O2. The Morgan fingerprint density at radius 2 is 2.19 bits per heavy atom. The van der Waals surface area contributed by atoms with Crippen LogP contribution in [0.15, 0.2) is 42.6 Å². The summed E-state index contributed by atoms with van der Waals surface area (Å²) in [6.45, 7) is 3.20. The van der Waals surface area contributed by atoms with Gasteiger partial charge in [0, 0.05) is 24.5 Å². The summed E-state index contributed by atoms with van der Waals surface area (Å²) < 4.78 is 0. The first-order chi connectivity index (χ1) is 10.2. The summed E-state index contributed by atoms with van der Waals surface area (Å²) in [7, 11) is 0. The third-order valence-corrected chi connectivity index (χ3v) is 3.12. The molecule has 106 valence electrons. The molecule has 0 spiro atoms. The maximum Gasteiger partial charge on any atom is 0.289 e. The maximum absolute atomic E-state index is 11.0. The van der Waals surface area contributed by atoms with Crippen LogP contribution in [0.3, 0.4) is 0 Å². The van der Waals surface area contributed by atoms with Crippen molar-refractivity contribution in [3.63, 3.8) is 0 Å². The van der Waals surface area contributed by atoms with Crippen molar-refractivity contribution in [2.45, 2.75) is 13.5 Å². The monoisotopic (exact) mass is 282 g/mol. The van der Waals surface area contributed by atoms with Gasteiger partial charge in [0.05, 0.1) is 17.2 Å². The number of aromatic nitrogens is 1. The topological polar surface area (TPSA) is 83.1 Å². The summed E-state index contributed by atoms with van der Waals surface area (Å²) in [5.74, 6) is 0. The van der Waals surface area contributed by atoms with E-state index in [0.29, 0.717) is 18.8 Å². The summed E-state index contributed by atoms with van der Waals surface area (Å²) in [5.41, 5.74) is 1.48. The Kier molecular flexibility index (Phi) is 4.46. The molecule has 0 bridgehead atoms. The van der Waals surface area contributed by atoms with Gasteiger partial charge in [-0.25, -0.2) is 0 Å². The van der Waals surface area contributed by atoms with Crippen LogP contribution in [0.4, 0.5) is 11.4 Å². The number of nitro benzene ring substituents is 1. The highest BCUT2D eigenvalue weighted by Gasteiger charge is 2.16. The maximum atomic E-state index is 11.0. The van der Waals surface area contributed by atoms with E-state index in [-0.39, 0.29) is 11.3 Å². The molecule has 0 amide bonds. The Morgan fingerprint density at radius 3 is 2.76 bits per heavy atom. The first kappa shape index (κ1) is 14.5.